The number of morpholine rings is 1. The van der Waals surface area contributed by atoms with Gasteiger partial charge in [0.1, 0.15) is 0 Å². The first-order valence-electron chi connectivity index (χ1n) is 13.8. The number of rotatable bonds is 4. The van der Waals surface area contributed by atoms with Gasteiger partial charge in [-0.15, -0.1) is 0 Å². The van der Waals surface area contributed by atoms with Crippen LogP contribution in [0.15, 0.2) is 18.2 Å². The largest absolute Gasteiger partial charge is 0.379 e. The Bertz CT molecular complexity index is 1210. The number of ether oxygens (including phenoxy) is 1. The summed E-state index contributed by atoms with van der Waals surface area (Å²) in [6, 6.07) is 5.09. The molecule has 0 spiro atoms. The Kier molecular flexibility index (Phi) is 7.14. The van der Waals surface area contributed by atoms with Crippen molar-refractivity contribution in [3.63, 3.8) is 0 Å². The monoisotopic (exact) mass is 521 g/mol. The van der Waals surface area contributed by atoms with Crippen LogP contribution in [0.3, 0.4) is 0 Å². The summed E-state index contributed by atoms with van der Waals surface area (Å²) in [6.07, 6.45) is 4.28. The van der Waals surface area contributed by atoms with Crippen LogP contribution in [-0.4, -0.2) is 90.3 Å². The molecule has 38 heavy (non-hydrogen) atoms. The number of hydrogen-bond donors (Lipinski definition) is 4. The number of hydrazine groups is 1. The highest BCUT2D eigenvalue weighted by Crippen LogP contribution is 2.45. The van der Waals surface area contributed by atoms with Crippen molar-refractivity contribution in [1.82, 2.24) is 30.8 Å². The third-order valence-electron chi connectivity index (χ3n) is 8.22. The molecule has 2 aromatic rings. The molecule has 11 heteroatoms. The summed E-state index contributed by atoms with van der Waals surface area (Å²) >= 11 is 0. The van der Waals surface area contributed by atoms with E-state index in [0.29, 0.717) is 48.8 Å². The van der Waals surface area contributed by atoms with Gasteiger partial charge in [0.15, 0.2) is 5.78 Å². The normalized spacial score (nSPS) is 23.9. The molecule has 202 valence electrons. The molecule has 0 bridgehead atoms. The third kappa shape index (κ3) is 4.81. The molecule has 3 heterocycles. The number of H-pyrrole nitrogens is 1. The second-order valence-electron chi connectivity index (χ2n) is 10.6. The van der Waals surface area contributed by atoms with E-state index in [9.17, 15) is 14.4 Å². The van der Waals surface area contributed by atoms with Crippen molar-refractivity contribution in [2.24, 2.45) is 5.92 Å². The Morgan fingerprint density at radius 1 is 1.00 bits per heavy atom. The maximum absolute atomic E-state index is 13.7. The van der Waals surface area contributed by atoms with Gasteiger partial charge in [0.05, 0.1) is 41.4 Å². The average molecular weight is 522 g/mol. The van der Waals surface area contributed by atoms with Crippen molar-refractivity contribution in [2.45, 2.75) is 38.0 Å². The Hall–Kier alpha value is -3.28. The number of fused-ring (bicyclic) bond motifs is 3. The number of aromatic nitrogens is 2. The Morgan fingerprint density at radius 3 is 2.63 bits per heavy atom. The predicted molar refractivity (Wildman–Crippen MR) is 141 cm³/mol. The van der Waals surface area contributed by atoms with Crippen LogP contribution in [0, 0.1) is 5.92 Å². The quantitative estimate of drug-likeness (QED) is 0.413. The molecular weight excluding hydrogens is 486 g/mol. The smallest absolute Gasteiger partial charge is 0.333 e. The van der Waals surface area contributed by atoms with Crippen LogP contribution >= 0.6 is 0 Å². The zero-order valence-corrected chi connectivity index (χ0v) is 21.6. The standard InChI is InChI=1S/C27H35N7O4/c35-25-21-19(3-1-4-20(21)29-27(37)32-34-13-15-38-16-14-34)24-22(25)23(30-31-24)17-5-7-18(8-6-17)26(36)33-11-2-9-28-10-12-33/h1,3-4,17-18,28H,2,5-16H2,(H,30,31)(H2,29,32,37)/t17-,18-. The highest BCUT2D eigenvalue weighted by Gasteiger charge is 2.39. The zero-order valence-electron chi connectivity index (χ0n) is 21.6. The molecule has 2 aliphatic heterocycles. The summed E-state index contributed by atoms with van der Waals surface area (Å²) in [4.78, 5) is 41.5. The summed E-state index contributed by atoms with van der Waals surface area (Å²) < 4.78 is 5.32. The van der Waals surface area contributed by atoms with Crippen molar-refractivity contribution < 1.29 is 19.1 Å². The number of nitrogens with zero attached hydrogens (tertiary/aromatic N) is 3. The van der Waals surface area contributed by atoms with Crippen molar-refractivity contribution >= 4 is 23.4 Å². The second kappa shape index (κ2) is 10.8. The van der Waals surface area contributed by atoms with Crippen LogP contribution in [-0.2, 0) is 9.53 Å². The summed E-state index contributed by atoms with van der Waals surface area (Å²) in [6.45, 7) is 5.78. The molecule has 1 aromatic heterocycles. The van der Waals surface area contributed by atoms with Gasteiger partial charge in [0.25, 0.3) is 0 Å². The zero-order chi connectivity index (χ0) is 26.1. The van der Waals surface area contributed by atoms with E-state index in [0.717, 1.165) is 69.5 Å². The minimum Gasteiger partial charge on any atom is -0.379 e. The number of urea groups is 1. The van der Waals surface area contributed by atoms with Gasteiger partial charge >= 0.3 is 6.03 Å². The summed E-state index contributed by atoms with van der Waals surface area (Å²) in [5.41, 5.74) is 6.67. The lowest BCUT2D eigenvalue weighted by Gasteiger charge is -2.31. The molecule has 1 saturated carbocycles. The summed E-state index contributed by atoms with van der Waals surface area (Å²) in [7, 11) is 0. The Morgan fingerprint density at radius 2 is 1.82 bits per heavy atom. The Labute approximate surface area is 221 Å². The number of amides is 3. The van der Waals surface area contributed by atoms with E-state index >= 15 is 0 Å². The number of hydrogen-bond acceptors (Lipinski definition) is 7. The summed E-state index contributed by atoms with van der Waals surface area (Å²) in [5.74, 6) is 0.333. The van der Waals surface area contributed by atoms with Gasteiger partial charge in [0.2, 0.25) is 5.91 Å². The van der Waals surface area contributed by atoms with E-state index in [1.807, 2.05) is 17.0 Å². The van der Waals surface area contributed by atoms with Crippen molar-refractivity contribution in [1.29, 1.82) is 0 Å². The van der Waals surface area contributed by atoms with Crippen molar-refractivity contribution in [3.8, 4) is 11.3 Å². The molecule has 0 atom stereocenters. The number of anilines is 1. The first kappa shape index (κ1) is 25.0. The number of carbonyl (C=O) groups is 3. The first-order valence-corrected chi connectivity index (χ1v) is 13.8. The minimum atomic E-state index is -0.384. The molecule has 1 aromatic carbocycles. The SMILES string of the molecule is O=C(Nc1cccc2c1C(=O)c1c-2[nH]nc1[C@H]1CC[C@H](C(=O)N2CCCNCC2)CC1)NN1CCOCC1. The molecular formula is C27H35N7O4. The molecule has 4 N–H and O–H groups in total. The topological polar surface area (TPSA) is 132 Å². The molecule has 4 aliphatic rings. The van der Waals surface area contributed by atoms with Crippen LogP contribution in [0.4, 0.5) is 10.5 Å². The molecule has 2 saturated heterocycles. The van der Waals surface area contributed by atoms with Gasteiger partial charge in [-0.2, -0.15) is 5.10 Å². The molecule has 11 nitrogen and oxygen atoms in total. The van der Waals surface area contributed by atoms with Crippen LogP contribution in [0.1, 0.15) is 59.6 Å². The second-order valence-corrected chi connectivity index (χ2v) is 10.6. The van der Waals surface area contributed by atoms with E-state index in [4.69, 9.17) is 4.74 Å². The maximum Gasteiger partial charge on any atom is 0.333 e. The lowest BCUT2D eigenvalue weighted by Crippen LogP contribution is -2.49. The third-order valence-corrected chi connectivity index (χ3v) is 8.22. The van der Waals surface area contributed by atoms with Crippen LogP contribution in [0.5, 0.6) is 0 Å². The summed E-state index contributed by atoms with van der Waals surface area (Å²) in [5, 5.41) is 15.7. The molecule has 3 fully saturated rings. The highest BCUT2D eigenvalue weighted by molar-refractivity contribution is 6.25. The first-order chi connectivity index (χ1) is 18.6. The van der Waals surface area contributed by atoms with Gasteiger partial charge in [-0.05, 0) is 44.7 Å². The van der Waals surface area contributed by atoms with Gasteiger partial charge in [-0.3, -0.25) is 20.1 Å². The van der Waals surface area contributed by atoms with E-state index in [1.165, 1.54) is 0 Å². The Balaban J connectivity index is 1.13. The fourth-order valence-corrected chi connectivity index (χ4v) is 6.22. The average Bonchev–Trinajstić information content (AvgIpc) is 3.36. The molecule has 2 aliphatic carbocycles. The van der Waals surface area contributed by atoms with Gasteiger partial charge in [-0.1, -0.05) is 12.1 Å². The fourth-order valence-electron chi connectivity index (χ4n) is 6.22. The van der Waals surface area contributed by atoms with Gasteiger partial charge < -0.3 is 20.3 Å². The number of aromatic amines is 1. The van der Waals surface area contributed by atoms with E-state index in [1.54, 1.807) is 11.1 Å². The van der Waals surface area contributed by atoms with E-state index in [2.05, 4.69) is 26.3 Å². The molecule has 6 rings (SSSR count). The minimum absolute atomic E-state index is 0.0463. The van der Waals surface area contributed by atoms with Gasteiger partial charge in [-0.25, -0.2) is 9.80 Å². The lowest BCUT2D eigenvalue weighted by atomic mass is 9.78. The van der Waals surface area contributed by atoms with E-state index < -0.39 is 0 Å². The number of carbonyl (C=O) groups excluding carboxylic acids is 3. The van der Waals surface area contributed by atoms with Crippen LogP contribution in [0.2, 0.25) is 0 Å². The number of benzene rings is 1. The molecule has 0 unspecified atom stereocenters. The van der Waals surface area contributed by atoms with Crippen molar-refractivity contribution in [2.75, 3.05) is 57.8 Å². The fraction of sp³-hybridized carbons (Fsp3) is 0.556. The number of nitrogens with one attached hydrogen (secondary N) is 4. The maximum atomic E-state index is 13.7. The predicted octanol–water partition coefficient (Wildman–Crippen LogP) is 2.09. The van der Waals surface area contributed by atoms with E-state index in [-0.39, 0.29) is 29.6 Å². The van der Waals surface area contributed by atoms with Crippen LogP contribution in [0.25, 0.3) is 11.3 Å². The number of ketones is 1. The van der Waals surface area contributed by atoms with Crippen molar-refractivity contribution in [3.05, 3.63) is 35.0 Å². The molecule has 3 amide bonds. The van der Waals surface area contributed by atoms with Gasteiger partial charge in [0, 0.05) is 50.1 Å². The molecule has 0 radical (unpaired) electrons. The van der Waals surface area contributed by atoms with Crippen LogP contribution < -0.4 is 16.1 Å². The lowest BCUT2D eigenvalue weighted by molar-refractivity contribution is -0.136. The highest BCUT2D eigenvalue weighted by atomic mass is 16.5.